The van der Waals surface area contributed by atoms with Gasteiger partial charge in [-0.2, -0.15) is 4.68 Å². The fourth-order valence-electron chi connectivity index (χ4n) is 3.75. The van der Waals surface area contributed by atoms with Gasteiger partial charge in [0.25, 0.3) is 0 Å². The van der Waals surface area contributed by atoms with Crippen LogP contribution in [0.1, 0.15) is 20.1 Å². The van der Waals surface area contributed by atoms with Crippen molar-refractivity contribution in [1.82, 2.24) is 25.0 Å². The summed E-state index contributed by atoms with van der Waals surface area (Å²) in [7, 11) is 0. The summed E-state index contributed by atoms with van der Waals surface area (Å²) < 4.78 is 19.4. The van der Waals surface area contributed by atoms with E-state index in [2.05, 4.69) is 20.3 Å². The monoisotopic (exact) mass is 418 g/mol. The molecule has 11 heteroatoms. The molecule has 2 aromatic heterocycles. The third-order valence-electron chi connectivity index (χ3n) is 5.00. The minimum atomic E-state index is -0.802. The minimum Gasteiger partial charge on any atom is -0.394 e. The topological polar surface area (TPSA) is 130 Å². The van der Waals surface area contributed by atoms with Crippen LogP contribution in [0.25, 0.3) is 22.6 Å². The Morgan fingerprint density at radius 2 is 1.90 bits per heavy atom. The van der Waals surface area contributed by atoms with E-state index in [1.807, 2.05) is 13.8 Å². The van der Waals surface area contributed by atoms with Crippen LogP contribution in [0.5, 0.6) is 0 Å². The van der Waals surface area contributed by atoms with Crippen molar-refractivity contribution in [2.75, 3.05) is 12.3 Å². The summed E-state index contributed by atoms with van der Waals surface area (Å²) in [5.74, 6) is -0.195. The van der Waals surface area contributed by atoms with Gasteiger partial charge in [0.2, 0.25) is 0 Å². The molecule has 0 spiro atoms. The molecule has 0 unspecified atom stereocenters. The van der Waals surface area contributed by atoms with Gasteiger partial charge in [0.1, 0.15) is 18.3 Å². The third kappa shape index (κ3) is 3.04. The molecule has 0 bridgehead atoms. The summed E-state index contributed by atoms with van der Waals surface area (Å²) in [5, 5.41) is 18.6. The standard InChI is InChI=1S/C18H19ClN6O4/c1-18(2)28-12-10(7-26)27-17(13(12)29-18)25-16-11(23-24-25)14(20)21-15(22-16)8-3-5-9(19)6-4-8/h3-6,10,12-13,17,26H,7H2,1-2H3,(H2,20,21,22)/t10-,12-,13-,17-/m1/s1. The Morgan fingerprint density at radius 3 is 2.62 bits per heavy atom. The summed E-state index contributed by atoms with van der Waals surface area (Å²) in [4.78, 5) is 8.94. The quantitative estimate of drug-likeness (QED) is 0.650. The number of anilines is 1. The second-order valence-electron chi connectivity index (χ2n) is 7.46. The van der Waals surface area contributed by atoms with E-state index >= 15 is 0 Å². The lowest BCUT2D eigenvalue weighted by Gasteiger charge is -2.23. The first-order valence-electron chi connectivity index (χ1n) is 9.12. The highest BCUT2D eigenvalue weighted by atomic mass is 35.5. The van der Waals surface area contributed by atoms with Crippen LogP contribution in [0, 0.1) is 0 Å². The van der Waals surface area contributed by atoms with E-state index < -0.39 is 30.3 Å². The first-order valence-corrected chi connectivity index (χ1v) is 9.50. The molecule has 0 saturated carbocycles. The molecule has 0 aliphatic carbocycles. The van der Waals surface area contributed by atoms with Gasteiger partial charge >= 0.3 is 0 Å². The molecule has 10 nitrogen and oxygen atoms in total. The molecule has 3 aromatic rings. The van der Waals surface area contributed by atoms with Gasteiger partial charge in [0.05, 0.1) is 6.61 Å². The van der Waals surface area contributed by atoms with Gasteiger partial charge in [-0.15, -0.1) is 5.10 Å². The Balaban J connectivity index is 1.59. The summed E-state index contributed by atoms with van der Waals surface area (Å²) in [6.07, 6.45) is -2.16. The van der Waals surface area contributed by atoms with Crippen LogP contribution in [0.4, 0.5) is 5.82 Å². The zero-order valence-electron chi connectivity index (χ0n) is 15.7. The molecule has 3 N–H and O–H groups in total. The lowest BCUT2D eigenvalue weighted by atomic mass is 10.1. The van der Waals surface area contributed by atoms with E-state index in [1.165, 1.54) is 4.68 Å². The minimum absolute atomic E-state index is 0.198. The van der Waals surface area contributed by atoms with Gasteiger partial charge < -0.3 is 25.1 Å². The van der Waals surface area contributed by atoms with Gasteiger partial charge in [-0.1, -0.05) is 16.8 Å². The summed E-state index contributed by atoms with van der Waals surface area (Å²) in [6, 6.07) is 7.10. The lowest BCUT2D eigenvalue weighted by molar-refractivity contribution is -0.201. The number of rotatable bonds is 3. The number of nitrogens with zero attached hydrogens (tertiary/aromatic N) is 5. The van der Waals surface area contributed by atoms with E-state index in [0.29, 0.717) is 22.0 Å². The molecule has 2 aliphatic rings. The second-order valence-corrected chi connectivity index (χ2v) is 7.89. The van der Waals surface area contributed by atoms with Crippen molar-refractivity contribution in [3.05, 3.63) is 29.3 Å². The van der Waals surface area contributed by atoms with Crippen LogP contribution in [0.15, 0.2) is 24.3 Å². The Labute approximate surface area is 170 Å². The molecule has 2 aliphatic heterocycles. The first-order chi connectivity index (χ1) is 13.9. The molecule has 4 heterocycles. The van der Waals surface area contributed by atoms with Crippen molar-refractivity contribution in [3.8, 4) is 11.4 Å². The maximum atomic E-state index is 9.71. The molecule has 29 heavy (non-hydrogen) atoms. The zero-order valence-corrected chi connectivity index (χ0v) is 16.4. The van der Waals surface area contributed by atoms with Crippen molar-refractivity contribution in [1.29, 1.82) is 0 Å². The fourth-order valence-corrected chi connectivity index (χ4v) is 3.88. The number of aromatic nitrogens is 5. The largest absolute Gasteiger partial charge is 0.394 e. The number of fused-ring (bicyclic) bond motifs is 2. The highest BCUT2D eigenvalue weighted by Crippen LogP contribution is 2.43. The Bertz CT molecular complexity index is 1070. The first kappa shape index (κ1) is 18.6. The maximum Gasteiger partial charge on any atom is 0.187 e. The smallest absolute Gasteiger partial charge is 0.187 e. The number of benzene rings is 1. The van der Waals surface area contributed by atoms with Crippen LogP contribution in [-0.4, -0.2) is 60.8 Å². The molecule has 152 valence electrons. The van der Waals surface area contributed by atoms with E-state index in [9.17, 15) is 5.11 Å². The number of ether oxygens (including phenoxy) is 3. The maximum absolute atomic E-state index is 9.71. The van der Waals surface area contributed by atoms with E-state index in [0.717, 1.165) is 5.56 Å². The van der Waals surface area contributed by atoms with Crippen molar-refractivity contribution in [3.63, 3.8) is 0 Å². The molecule has 2 fully saturated rings. The second kappa shape index (κ2) is 6.57. The number of aliphatic hydroxyl groups is 1. The van der Waals surface area contributed by atoms with Crippen molar-refractivity contribution in [2.24, 2.45) is 0 Å². The zero-order chi connectivity index (χ0) is 20.3. The molecule has 5 rings (SSSR count). The number of nitrogen functional groups attached to an aromatic ring is 1. The van der Waals surface area contributed by atoms with Gasteiger partial charge in [0.15, 0.2) is 34.8 Å². The Morgan fingerprint density at radius 1 is 1.17 bits per heavy atom. The van der Waals surface area contributed by atoms with E-state index in [1.54, 1.807) is 24.3 Å². The SMILES string of the molecule is CC1(C)O[C@@H]2[C@H](O1)[C@@H](CO)O[C@H]2n1nnc2c(N)nc(-c3ccc(Cl)cc3)nc21. The third-order valence-corrected chi connectivity index (χ3v) is 5.25. The van der Waals surface area contributed by atoms with Crippen LogP contribution < -0.4 is 5.73 Å². The Kier molecular flexibility index (Phi) is 4.23. The van der Waals surface area contributed by atoms with Crippen LogP contribution in [0.2, 0.25) is 5.02 Å². The predicted octanol–water partition coefficient (Wildman–Crippen LogP) is 1.53. The van der Waals surface area contributed by atoms with Crippen LogP contribution in [0.3, 0.4) is 0 Å². The number of halogens is 1. The molecule has 0 radical (unpaired) electrons. The highest BCUT2D eigenvalue weighted by Gasteiger charge is 2.56. The van der Waals surface area contributed by atoms with Gasteiger partial charge in [-0.3, -0.25) is 0 Å². The molecular formula is C18H19ClN6O4. The van der Waals surface area contributed by atoms with Gasteiger partial charge in [0, 0.05) is 10.6 Å². The van der Waals surface area contributed by atoms with E-state index in [-0.39, 0.29) is 12.4 Å². The number of nitrogens with two attached hydrogens (primary N) is 1. The molecule has 2 saturated heterocycles. The number of hydrogen-bond donors (Lipinski definition) is 2. The average Bonchev–Trinajstić information content (AvgIpc) is 3.33. The highest BCUT2D eigenvalue weighted by molar-refractivity contribution is 6.30. The predicted molar refractivity (Wildman–Crippen MR) is 103 cm³/mol. The molecular weight excluding hydrogens is 400 g/mol. The lowest BCUT2D eigenvalue weighted by Crippen LogP contribution is -2.31. The van der Waals surface area contributed by atoms with Gasteiger partial charge in [-0.05, 0) is 38.1 Å². The molecule has 1 aromatic carbocycles. The summed E-state index contributed by atoms with van der Waals surface area (Å²) >= 11 is 5.97. The Hall–Kier alpha value is -2.37. The van der Waals surface area contributed by atoms with Crippen LogP contribution >= 0.6 is 11.6 Å². The van der Waals surface area contributed by atoms with Crippen LogP contribution in [-0.2, 0) is 14.2 Å². The number of hydrogen-bond acceptors (Lipinski definition) is 9. The number of aliphatic hydroxyl groups excluding tert-OH is 1. The molecule has 4 atom stereocenters. The van der Waals surface area contributed by atoms with Crippen molar-refractivity contribution in [2.45, 2.75) is 44.2 Å². The van der Waals surface area contributed by atoms with Gasteiger partial charge in [-0.25, -0.2) is 9.97 Å². The normalized spacial score (nSPS) is 28.1. The fraction of sp³-hybridized carbons (Fsp3) is 0.444. The van der Waals surface area contributed by atoms with Crippen molar-refractivity contribution >= 4 is 28.6 Å². The average molecular weight is 419 g/mol. The summed E-state index contributed by atoms with van der Waals surface area (Å²) in [6.45, 7) is 3.42. The van der Waals surface area contributed by atoms with E-state index in [4.69, 9.17) is 31.5 Å². The van der Waals surface area contributed by atoms with Crippen molar-refractivity contribution < 1.29 is 19.3 Å². The molecule has 0 amide bonds. The summed E-state index contributed by atoms with van der Waals surface area (Å²) in [5.41, 5.74) is 7.61.